The number of anilines is 1. The monoisotopic (exact) mass is 383 g/mol. The van der Waals surface area contributed by atoms with Crippen LogP contribution in [0.4, 0.5) is 5.82 Å². The Kier molecular flexibility index (Phi) is 4.71. The van der Waals surface area contributed by atoms with Crippen molar-refractivity contribution in [2.75, 3.05) is 39.5 Å². The van der Waals surface area contributed by atoms with Gasteiger partial charge < -0.3 is 15.5 Å². The third-order valence-electron chi connectivity index (χ3n) is 5.11. The molecule has 3 aromatic heterocycles. The predicted octanol–water partition coefficient (Wildman–Crippen LogP) is 0.534. The van der Waals surface area contributed by atoms with E-state index in [4.69, 9.17) is 10.8 Å². The number of nitrogens with two attached hydrogens (primary N) is 1. The molecule has 0 saturated carbocycles. The maximum absolute atomic E-state index is 12.3. The van der Waals surface area contributed by atoms with Crippen molar-refractivity contribution in [3.05, 3.63) is 18.7 Å². The van der Waals surface area contributed by atoms with Crippen molar-refractivity contribution >= 4 is 22.8 Å². The predicted molar refractivity (Wildman–Crippen MR) is 105 cm³/mol. The molecule has 0 unspecified atom stereocenters. The van der Waals surface area contributed by atoms with Crippen molar-refractivity contribution in [3.63, 3.8) is 0 Å². The molecule has 0 radical (unpaired) electrons. The average molecular weight is 383 g/mol. The second-order valence-electron chi connectivity index (χ2n) is 7.50. The van der Waals surface area contributed by atoms with Gasteiger partial charge in [-0.25, -0.2) is 14.6 Å². The molecule has 0 bridgehead atoms. The summed E-state index contributed by atoms with van der Waals surface area (Å²) in [5, 5.41) is 9.84. The molecular weight excluding hydrogens is 358 g/mol. The summed E-state index contributed by atoms with van der Waals surface area (Å²) < 4.78 is 3.68. The highest BCUT2D eigenvalue weighted by Crippen LogP contribution is 2.33. The molecule has 28 heavy (non-hydrogen) atoms. The van der Waals surface area contributed by atoms with E-state index in [-0.39, 0.29) is 11.9 Å². The summed E-state index contributed by atoms with van der Waals surface area (Å²) in [7, 11) is 5.68. The van der Waals surface area contributed by atoms with Gasteiger partial charge in [0.2, 0.25) is 5.91 Å². The standard InChI is InChI=1S/C18H25N9O/c1-24(2)10-14(28)26-6-4-13(5-7-26)27-18-15(17(19)20-11-21-18)16(23-27)12-8-22-25(3)9-12/h8-9,11,13H,4-7,10H2,1-3H3,(H2,19,20,21). The van der Waals surface area contributed by atoms with Crippen LogP contribution in [0.25, 0.3) is 22.3 Å². The lowest BCUT2D eigenvalue weighted by Crippen LogP contribution is -2.43. The number of hydrogen-bond acceptors (Lipinski definition) is 7. The lowest BCUT2D eigenvalue weighted by molar-refractivity contribution is -0.133. The van der Waals surface area contributed by atoms with E-state index in [1.165, 1.54) is 6.33 Å². The molecule has 3 aromatic rings. The number of carbonyl (C=O) groups excluding carboxylic acids is 1. The molecule has 0 spiro atoms. The number of piperidine rings is 1. The molecule has 1 amide bonds. The van der Waals surface area contributed by atoms with Crippen LogP contribution in [0.2, 0.25) is 0 Å². The molecule has 1 saturated heterocycles. The van der Waals surface area contributed by atoms with Crippen LogP contribution in [0.5, 0.6) is 0 Å². The van der Waals surface area contributed by atoms with Crippen molar-refractivity contribution in [1.29, 1.82) is 0 Å². The van der Waals surface area contributed by atoms with E-state index < -0.39 is 0 Å². The molecule has 4 heterocycles. The van der Waals surface area contributed by atoms with Crippen LogP contribution in [-0.4, -0.2) is 79.0 Å². The first-order valence-corrected chi connectivity index (χ1v) is 9.34. The van der Waals surface area contributed by atoms with Crippen LogP contribution in [-0.2, 0) is 11.8 Å². The number of aryl methyl sites for hydroxylation is 1. The van der Waals surface area contributed by atoms with Gasteiger partial charge in [-0.3, -0.25) is 9.48 Å². The Bertz CT molecular complexity index is 998. The van der Waals surface area contributed by atoms with Crippen LogP contribution < -0.4 is 5.73 Å². The second-order valence-corrected chi connectivity index (χ2v) is 7.50. The van der Waals surface area contributed by atoms with Crippen LogP contribution in [0.3, 0.4) is 0 Å². The molecule has 0 aliphatic carbocycles. The summed E-state index contributed by atoms with van der Waals surface area (Å²) in [4.78, 5) is 24.7. The number of likely N-dealkylation sites (tertiary alicyclic amines) is 1. The Morgan fingerprint density at radius 2 is 2.04 bits per heavy atom. The number of rotatable bonds is 4. The lowest BCUT2D eigenvalue weighted by atomic mass is 10.1. The third kappa shape index (κ3) is 3.31. The van der Waals surface area contributed by atoms with E-state index in [9.17, 15) is 4.79 Å². The van der Waals surface area contributed by atoms with Crippen LogP contribution >= 0.6 is 0 Å². The minimum Gasteiger partial charge on any atom is -0.383 e. The molecule has 1 aliphatic heterocycles. The Hall–Kier alpha value is -3.01. The van der Waals surface area contributed by atoms with Crippen molar-refractivity contribution < 1.29 is 4.79 Å². The molecule has 2 N–H and O–H groups in total. The second kappa shape index (κ2) is 7.19. The zero-order valence-corrected chi connectivity index (χ0v) is 16.4. The maximum Gasteiger partial charge on any atom is 0.236 e. The summed E-state index contributed by atoms with van der Waals surface area (Å²) in [6, 6.07) is 0.158. The third-order valence-corrected chi connectivity index (χ3v) is 5.11. The number of carbonyl (C=O) groups is 1. The highest BCUT2D eigenvalue weighted by molar-refractivity contribution is 5.98. The molecule has 0 aromatic carbocycles. The van der Waals surface area contributed by atoms with E-state index in [2.05, 4.69) is 15.1 Å². The highest BCUT2D eigenvalue weighted by atomic mass is 16.2. The first-order valence-electron chi connectivity index (χ1n) is 9.34. The zero-order valence-electron chi connectivity index (χ0n) is 16.4. The molecular formula is C18H25N9O. The van der Waals surface area contributed by atoms with E-state index >= 15 is 0 Å². The van der Waals surface area contributed by atoms with E-state index in [0.29, 0.717) is 25.5 Å². The first-order chi connectivity index (χ1) is 13.4. The fourth-order valence-corrected chi connectivity index (χ4v) is 3.73. The Morgan fingerprint density at radius 3 is 2.68 bits per heavy atom. The van der Waals surface area contributed by atoms with Crippen LogP contribution in [0, 0.1) is 0 Å². The normalized spacial score (nSPS) is 15.6. The Labute approximate surface area is 162 Å². The molecule has 1 fully saturated rings. The number of likely N-dealkylation sites (N-methyl/N-ethyl adjacent to an activating group) is 1. The van der Waals surface area contributed by atoms with Gasteiger partial charge in [0.25, 0.3) is 0 Å². The Balaban J connectivity index is 1.64. The van der Waals surface area contributed by atoms with Crippen molar-refractivity contribution in [1.82, 2.24) is 39.3 Å². The summed E-state index contributed by atoms with van der Waals surface area (Å²) in [6.07, 6.45) is 6.79. The average Bonchev–Trinajstić information content (AvgIpc) is 3.26. The number of aromatic nitrogens is 6. The largest absolute Gasteiger partial charge is 0.383 e. The fourth-order valence-electron chi connectivity index (χ4n) is 3.73. The SMILES string of the molecule is CN(C)CC(=O)N1CCC(n2nc(-c3cnn(C)c3)c3c(N)ncnc32)CC1. The zero-order chi connectivity index (χ0) is 19.8. The van der Waals surface area contributed by atoms with Gasteiger partial charge in [-0.05, 0) is 26.9 Å². The lowest BCUT2D eigenvalue weighted by Gasteiger charge is -2.32. The van der Waals surface area contributed by atoms with Gasteiger partial charge in [0.05, 0.1) is 24.2 Å². The van der Waals surface area contributed by atoms with E-state index in [1.54, 1.807) is 10.9 Å². The smallest absolute Gasteiger partial charge is 0.236 e. The first kappa shape index (κ1) is 18.4. The van der Waals surface area contributed by atoms with Gasteiger partial charge in [0.15, 0.2) is 5.65 Å². The van der Waals surface area contributed by atoms with Gasteiger partial charge in [-0.1, -0.05) is 0 Å². The number of amides is 1. The van der Waals surface area contributed by atoms with Crippen LogP contribution in [0.1, 0.15) is 18.9 Å². The number of nitrogen functional groups attached to an aromatic ring is 1. The molecule has 10 nitrogen and oxygen atoms in total. The van der Waals surface area contributed by atoms with Gasteiger partial charge in [0, 0.05) is 31.9 Å². The Morgan fingerprint density at radius 1 is 1.29 bits per heavy atom. The van der Waals surface area contributed by atoms with Crippen molar-refractivity contribution in [2.24, 2.45) is 7.05 Å². The summed E-state index contributed by atoms with van der Waals surface area (Å²) in [6.45, 7) is 1.85. The van der Waals surface area contributed by atoms with E-state index in [0.717, 1.165) is 35.1 Å². The number of fused-ring (bicyclic) bond motifs is 1. The summed E-state index contributed by atoms with van der Waals surface area (Å²) >= 11 is 0. The minimum absolute atomic E-state index is 0.158. The molecule has 10 heteroatoms. The van der Waals surface area contributed by atoms with Gasteiger partial charge in [0.1, 0.15) is 17.8 Å². The fraction of sp³-hybridized carbons (Fsp3) is 0.500. The van der Waals surface area contributed by atoms with Gasteiger partial charge in [-0.15, -0.1) is 0 Å². The van der Waals surface area contributed by atoms with Gasteiger partial charge in [-0.2, -0.15) is 10.2 Å². The summed E-state index contributed by atoms with van der Waals surface area (Å²) in [5.41, 5.74) is 8.51. The quantitative estimate of drug-likeness (QED) is 0.700. The minimum atomic E-state index is 0.158. The molecule has 1 aliphatic rings. The van der Waals surface area contributed by atoms with Crippen molar-refractivity contribution in [3.8, 4) is 11.3 Å². The van der Waals surface area contributed by atoms with Crippen molar-refractivity contribution in [2.45, 2.75) is 18.9 Å². The highest BCUT2D eigenvalue weighted by Gasteiger charge is 2.28. The van der Waals surface area contributed by atoms with Crippen LogP contribution in [0.15, 0.2) is 18.7 Å². The maximum atomic E-state index is 12.3. The molecule has 0 atom stereocenters. The summed E-state index contributed by atoms with van der Waals surface area (Å²) in [5.74, 6) is 0.574. The topological polar surface area (TPSA) is 111 Å². The molecule has 148 valence electrons. The van der Waals surface area contributed by atoms with Gasteiger partial charge >= 0.3 is 0 Å². The number of hydrogen-bond donors (Lipinski definition) is 1. The van der Waals surface area contributed by atoms with E-state index in [1.807, 2.05) is 41.8 Å². The number of nitrogens with zero attached hydrogens (tertiary/aromatic N) is 8. The molecule has 4 rings (SSSR count).